The SMILES string of the molecule is C#CCn1c(=NC(=O)c2cc3ccccc3oc2=O)sc2cc(S(C)(=O)=O)ccc21. The molecule has 2 heterocycles. The van der Waals surface area contributed by atoms with Gasteiger partial charge in [-0.05, 0) is 30.3 Å². The zero-order valence-corrected chi connectivity index (χ0v) is 17.3. The Bertz CT molecular complexity index is 1600. The zero-order valence-electron chi connectivity index (χ0n) is 15.7. The highest BCUT2D eigenvalue weighted by molar-refractivity contribution is 7.90. The first-order valence-electron chi connectivity index (χ1n) is 8.67. The van der Waals surface area contributed by atoms with Gasteiger partial charge in [0, 0.05) is 11.6 Å². The summed E-state index contributed by atoms with van der Waals surface area (Å²) in [6, 6.07) is 12.9. The van der Waals surface area contributed by atoms with Gasteiger partial charge in [0.1, 0.15) is 11.1 Å². The fourth-order valence-corrected chi connectivity index (χ4v) is 4.76. The second-order valence-corrected chi connectivity index (χ2v) is 9.50. The molecule has 1 amide bonds. The Hall–Kier alpha value is -3.48. The molecule has 4 aromatic rings. The van der Waals surface area contributed by atoms with Crippen LogP contribution < -0.4 is 10.4 Å². The molecule has 0 bridgehead atoms. The minimum atomic E-state index is -3.40. The van der Waals surface area contributed by atoms with Crippen LogP contribution in [-0.2, 0) is 16.4 Å². The smallest absolute Gasteiger partial charge is 0.349 e. The minimum Gasteiger partial charge on any atom is -0.422 e. The number of hydrogen-bond donors (Lipinski definition) is 0. The van der Waals surface area contributed by atoms with Crippen molar-refractivity contribution in [3.63, 3.8) is 0 Å². The number of carbonyl (C=O) groups is 1. The summed E-state index contributed by atoms with van der Waals surface area (Å²) in [6.07, 6.45) is 6.57. The zero-order chi connectivity index (χ0) is 21.5. The molecule has 0 aliphatic heterocycles. The Balaban J connectivity index is 1.90. The molecule has 0 atom stereocenters. The number of hydrogen-bond acceptors (Lipinski definition) is 6. The van der Waals surface area contributed by atoms with Gasteiger partial charge in [0.05, 0.1) is 21.7 Å². The number of terminal acetylenes is 1. The van der Waals surface area contributed by atoms with Gasteiger partial charge < -0.3 is 8.98 Å². The Morgan fingerprint density at radius 3 is 2.73 bits per heavy atom. The number of sulfone groups is 1. The Kier molecular flexibility index (Phi) is 4.89. The summed E-state index contributed by atoms with van der Waals surface area (Å²) in [4.78, 5) is 29.5. The summed E-state index contributed by atoms with van der Waals surface area (Å²) in [5, 5.41) is 0.598. The van der Waals surface area contributed by atoms with Crippen molar-refractivity contribution >= 4 is 48.3 Å². The number of nitrogens with zero attached hydrogens (tertiary/aromatic N) is 2. The second kappa shape index (κ2) is 7.40. The third kappa shape index (κ3) is 3.58. The predicted octanol–water partition coefficient (Wildman–Crippen LogP) is 2.59. The van der Waals surface area contributed by atoms with Crippen LogP contribution in [0.2, 0.25) is 0 Å². The Morgan fingerprint density at radius 2 is 2.00 bits per heavy atom. The van der Waals surface area contributed by atoms with Gasteiger partial charge in [-0.25, -0.2) is 13.2 Å². The molecule has 2 aromatic carbocycles. The molecule has 0 aliphatic rings. The highest BCUT2D eigenvalue weighted by atomic mass is 32.2. The van der Waals surface area contributed by atoms with Crippen molar-refractivity contribution in [3.05, 3.63) is 69.3 Å². The van der Waals surface area contributed by atoms with Crippen LogP contribution >= 0.6 is 11.3 Å². The average molecular weight is 438 g/mol. The Morgan fingerprint density at radius 1 is 1.23 bits per heavy atom. The van der Waals surface area contributed by atoms with Gasteiger partial charge >= 0.3 is 5.63 Å². The summed E-state index contributed by atoms with van der Waals surface area (Å²) in [6.45, 7) is 0.122. The van der Waals surface area contributed by atoms with Crippen LogP contribution in [0.15, 0.2) is 67.6 Å². The van der Waals surface area contributed by atoms with E-state index in [4.69, 9.17) is 10.8 Å². The number of aromatic nitrogens is 1. The van der Waals surface area contributed by atoms with Gasteiger partial charge in [-0.1, -0.05) is 35.5 Å². The maximum atomic E-state index is 12.8. The molecule has 9 heteroatoms. The van der Waals surface area contributed by atoms with E-state index in [-0.39, 0.29) is 21.8 Å². The molecule has 0 unspecified atom stereocenters. The molecule has 0 saturated carbocycles. The van der Waals surface area contributed by atoms with Crippen molar-refractivity contribution in [2.45, 2.75) is 11.4 Å². The lowest BCUT2D eigenvalue weighted by Crippen LogP contribution is -2.19. The summed E-state index contributed by atoms with van der Waals surface area (Å²) in [7, 11) is -3.40. The first-order chi connectivity index (χ1) is 14.3. The summed E-state index contributed by atoms with van der Waals surface area (Å²) in [5.74, 6) is 1.73. The molecular formula is C21H14N2O5S2. The maximum absolute atomic E-state index is 12.8. The molecule has 0 saturated heterocycles. The summed E-state index contributed by atoms with van der Waals surface area (Å²) in [5.41, 5.74) is 0.0284. The lowest BCUT2D eigenvalue weighted by Gasteiger charge is -2.01. The van der Waals surface area contributed by atoms with E-state index in [2.05, 4.69) is 10.9 Å². The van der Waals surface area contributed by atoms with E-state index in [1.807, 2.05) is 0 Å². The molecule has 4 rings (SSSR count). The van der Waals surface area contributed by atoms with Gasteiger partial charge in [-0.2, -0.15) is 4.99 Å². The normalized spacial score (nSPS) is 12.3. The van der Waals surface area contributed by atoms with Crippen molar-refractivity contribution in [1.29, 1.82) is 0 Å². The number of fused-ring (bicyclic) bond motifs is 2. The predicted molar refractivity (Wildman–Crippen MR) is 114 cm³/mol. The van der Waals surface area contributed by atoms with E-state index >= 15 is 0 Å². The second-order valence-electron chi connectivity index (χ2n) is 6.48. The topological polar surface area (TPSA) is 98.7 Å². The molecule has 7 nitrogen and oxygen atoms in total. The molecule has 2 aromatic heterocycles. The van der Waals surface area contributed by atoms with Crippen LogP contribution in [0.3, 0.4) is 0 Å². The van der Waals surface area contributed by atoms with Crippen molar-refractivity contribution in [2.24, 2.45) is 4.99 Å². The average Bonchev–Trinajstić information content (AvgIpc) is 3.03. The first-order valence-corrected chi connectivity index (χ1v) is 11.4. The van der Waals surface area contributed by atoms with E-state index in [9.17, 15) is 18.0 Å². The lowest BCUT2D eigenvalue weighted by atomic mass is 10.2. The standard InChI is InChI=1S/C21H14N2O5S2/c1-3-10-23-16-9-8-14(30(2,26)27)12-18(16)29-21(23)22-19(24)15-11-13-6-4-5-7-17(13)28-20(15)25/h1,4-9,11-12H,10H2,2H3. The molecule has 0 spiro atoms. The summed E-state index contributed by atoms with van der Waals surface area (Å²) < 4.78 is 31.1. The molecular weight excluding hydrogens is 424 g/mol. The van der Waals surface area contributed by atoms with Gasteiger partial charge in [-0.3, -0.25) is 4.79 Å². The quantitative estimate of drug-likeness (QED) is 0.362. The number of carbonyl (C=O) groups excluding carboxylic acids is 1. The largest absolute Gasteiger partial charge is 0.422 e. The van der Waals surface area contributed by atoms with Crippen LogP contribution in [0.5, 0.6) is 0 Å². The van der Waals surface area contributed by atoms with Crippen molar-refractivity contribution in [2.75, 3.05) is 6.26 Å². The van der Waals surface area contributed by atoms with Crippen molar-refractivity contribution < 1.29 is 17.6 Å². The molecule has 0 aliphatic carbocycles. The van der Waals surface area contributed by atoms with Crippen LogP contribution in [0, 0.1) is 12.3 Å². The molecule has 0 fully saturated rings. The van der Waals surface area contributed by atoms with Gasteiger partial charge in [0.25, 0.3) is 5.91 Å². The van der Waals surface area contributed by atoms with E-state index in [0.717, 1.165) is 17.6 Å². The van der Waals surface area contributed by atoms with Crippen LogP contribution in [0.1, 0.15) is 10.4 Å². The number of rotatable bonds is 3. The Labute approximate surface area is 174 Å². The number of para-hydroxylation sites is 1. The monoisotopic (exact) mass is 438 g/mol. The van der Waals surface area contributed by atoms with E-state index in [0.29, 0.717) is 21.2 Å². The lowest BCUT2D eigenvalue weighted by molar-refractivity contribution is 0.0994. The van der Waals surface area contributed by atoms with Crippen molar-refractivity contribution in [1.82, 2.24) is 4.57 Å². The van der Waals surface area contributed by atoms with Crippen LogP contribution in [0.4, 0.5) is 0 Å². The minimum absolute atomic E-state index is 0.122. The van der Waals surface area contributed by atoms with E-state index < -0.39 is 21.4 Å². The van der Waals surface area contributed by atoms with Crippen molar-refractivity contribution in [3.8, 4) is 12.3 Å². The fraction of sp³-hybridized carbons (Fsp3) is 0.0952. The maximum Gasteiger partial charge on any atom is 0.349 e. The highest BCUT2D eigenvalue weighted by Crippen LogP contribution is 2.22. The third-order valence-corrected chi connectivity index (χ3v) is 6.55. The summed E-state index contributed by atoms with van der Waals surface area (Å²) >= 11 is 1.11. The number of benzene rings is 2. The number of thiazole rings is 1. The molecule has 0 N–H and O–H groups in total. The molecule has 150 valence electrons. The van der Waals surface area contributed by atoms with E-state index in [1.54, 1.807) is 34.9 Å². The van der Waals surface area contributed by atoms with Gasteiger partial charge in [0.15, 0.2) is 14.6 Å². The highest BCUT2D eigenvalue weighted by Gasteiger charge is 2.16. The first kappa shape index (κ1) is 19.8. The van der Waals surface area contributed by atoms with Crippen LogP contribution in [0.25, 0.3) is 21.2 Å². The number of amides is 1. The molecule has 30 heavy (non-hydrogen) atoms. The van der Waals surface area contributed by atoms with Gasteiger partial charge in [-0.15, -0.1) is 6.42 Å². The third-order valence-electron chi connectivity index (χ3n) is 4.40. The molecule has 0 radical (unpaired) electrons. The fourth-order valence-electron chi connectivity index (χ4n) is 2.97. The van der Waals surface area contributed by atoms with E-state index in [1.165, 1.54) is 18.2 Å². The van der Waals surface area contributed by atoms with Gasteiger partial charge in [0.2, 0.25) is 0 Å². The van der Waals surface area contributed by atoms with Crippen LogP contribution in [-0.4, -0.2) is 25.1 Å².